The van der Waals surface area contributed by atoms with Crippen LogP contribution in [0.1, 0.15) is 36.6 Å². The first-order valence-corrected chi connectivity index (χ1v) is 6.95. The SMILES string of the molecule is COC(=O)c1ccc(-n2c(N)c3c(cc2=O)C(=O)NC3=O)cc1C. The fourth-order valence-electron chi connectivity index (χ4n) is 2.67. The highest BCUT2D eigenvalue weighted by atomic mass is 16.5. The number of nitrogens with one attached hydrogen (secondary N) is 1. The number of amides is 2. The lowest BCUT2D eigenvalue weighted by Crippen LogP contribution is -2.24. The number of carbonyl (C=O) groups excluding carboxylic acids is 3. The molecule has 0 bridgehead atoms. The molecule has 3 rings (SSSR count). The van der Waals surface area contributed by atoms with Gasteiger partial charge in [-0.2, -0.15) is 0 Å². The normalized spacial score (nSPS) is 12.8. The number of ether oxygens (including phenoxy) is 1. The third-order valence-electron chi connectivity index (χ3n) is 3.83. The zero-order valence-electron chi connectivity index (χ0n) is 12.9. The van der Waals surface area contributed by atoms with E-state index >= 15 is 0 Å². The van der Waals surface area contributed by atoms with Crippen LogP contribution in [0.4, 0.5) is 5.82 Å². The molecule has 1 aliphatic rings. The minimum Gasteiger partial charge on any atom is -0.465 e. The van der Waals surface area contributed by atoms with Crippen molar-refractivity contribution in [3.05, 3.63) is 56.9 Å². The molecule has 1 aromatic heterocycles. The van der Waals surface area contributed by atoms with Crippen LogP contribution in [0.15, 0.2) is 29.1 Å². The lowest BCUT2D eigenvalue weighted by atomic mass is 10.1. The van der Waals surface area contributed by atoms with E-state index in [2.05, 4.69) is 10.1 Å². The highest BCUT2D eigenvalue weighted by Crippen LogP contribution is 2.24. The van der Waals surface area contributed by atoms with Crippen LogP contribution in [-0.4, -0.2) is 29.5 Å². The van der Waals surface area contributed by atoms with Crippen LogP contribution in [0, 0.1) is 6.92 Å². The zero-order valence-corrected chi connectivity index (χ0v) is 12.9. The van der Waals surface area contributed by atoms with Crippen LogP contribution < -0.4 is 16.6 Å². The number of methoxy groups -OCH3 is 1. The Hall–Kier alpha value is -3.42. The van der Waals surface area contributed by atoms with Gasteiger partial charge in [0, 0.05) is 6.07 Å². The van der Waals surface area contributed by atoms with Gasteiger partial charge in [-0.05, 0) is 30.7 Å². The first kappa shape index (κ1) is 15.5. The molecule has 0 saturated heterocycles. The number of esters is 1. The van der Waals surface area contributed by atoms with Crippen molar-refractivity contribution >= 4 is 23.6 Å². The smallest absolute Gasteiger partial charge is 0.338 e. The van der Waals surface area contributed by atoms with Gasteiger partial charge in [-0.25, -0.2) is 4.79 Å². The summed E-state index contributed by atoms with van der Waals surface area (Å²) in [5.41, 5.74) is 6.62. The number of carbonyl (C=O) groups is 3. The molecule has 8 heteroatoms. The lowest BCUT2D eigenvalue weighted by Gasteiger charge is -2.13. The Bertz CT molecular complexity index is 974. The summed E-state index contributed by atoms with van der Waals surface area (Å²) in [4.78, 5) is 47.5. The number of rotatable bonds is 2. The number of imide groups is 1. The number of nitrogen functional groups attached to an aromatic ring is 1. The van der Waals surface area contributed by atoms with Crippen molar-refractivity contribution < 1.29 is 19.1 Å². The molecule has 0 atom stereocenters. The van der Waals surface area contributed by atoms with Gasteiger partial charge >= 0.3 is 5.97 Å². The third-order valence-corrected chi connectivity index (χ3v) is 3.83. The van der Waals surface area contributed by atoms with Gasteiger partial charge in [0.15, 0.2) is 0 Å². The Morgan fingerprint density at radius 2 is 1.88 bits per heavy atom. The van der Waals surface area contributed by atoms with E-state index in [0.29, 0.717) is 16.8 Å². The average Bonchev–Trinajstić information content (AvgIpc) is 2.81. The fraction of sp³-hybridized carbons (Fsp3) is 0.125. The second-order valence-electron chi connectivity index (χ2n) is 5.27. The lowest BCUT2D eigenvalue weighted by molar-refractivity contribution is 0.0599. The summed E-state index contributed by atoms with van der Waals surface area (Å²) in [5.74, 6) is -1.93. The monoisotopic (exact) mass is 327 g/mol. The van der Waals surface area contributed by atoms with Crippen LogP contribution in [-0.2, 0) is 4.74 Å². The van der Waals surface area contributed by atoms with Gasteiger partial charge in [-0.3, -0.25) is 24.3 Å². The van der Waals surface area contributed by atoms with E-state index in [1.807, 2.05) is 0 Å². The average molecular weight is 327 g/mol. The molecular formula is C16H13N3O5. The van der Waals surface area contributed by atoms with Crippen molar-refractivity contribution in [2.45, 2.75) is 6.92 Å². The van der Waals surface area contributed by atoms with Crippen LogP contribution in [0.2, 0.25) is 0 Å². The van der Waals surface area contributed by atoms with E-state index in [1.54, 1.807) is 13.0 Å². The maximum Gasteiger partial charge on any atom is 0.338 e. The molecule has 1 aromatic carbocycles. The number of aromatic nitrogens is 1. The highest BCUT2D eigenvalue weighted by Gasteiger charge is 2.31. The molecule has 3 N–H and O–H groups in total. The molecule has 2 amide bonds. The van der Waals surface area contributed by atoms with Crippen molar-refractivity contribution in [3.63, 3.8) is 0 Å². The number of benzene rings is 1. The summed E-state index contributed by atoms with van der Waals surface area (Å²) in [6.07, 6.45) is 0. The Balaban J connectivity index is 2.22. The molecule has 2 aromatic rings. The van der Waals surface area contributed by atoms with E-state index in [0.717, 1.165) is 10.6 Å². The molecule has 0 radical (unpaired) electrons. The van der Waals surface area contributed by atoms with Gasteiger partial charge in [0.25, 0.3) is 17.4 Å². The minimum absolute atomic E-state index is 0.0331. The first-order valence-electron chi connectivity index (χ1n) is 6.95. The predicted octanol–water partition coefficient (Wildman–Crippen LogP) is 0.398. The van der Waals surface area contributed by atoms with E-state index in [4.69, 9.17) is 5.73 Å². The van der Waals surface area contributed by atoms with Crippen LogP contribution in [0.3, 0.4) is 0 Å². The summed E-state index contributed by atoms with van der Waals surface area (Å²) in [7, 11) is 1.27. The number of aryl methyl sites for hydroxylation is 1. The molecule has 24 heavy (non-hydrogen) atoms. The van der Waals surface area contributed by atoms with Crippen molar-refractivity contribution in [1.29, 1.82) is 0 Å². The largest absolute Gasteiger partial charge is 0.465 e. The Morgan fingerprint density at radius 3 is 2.50 bits per heavy atom. The number of pyridine rings is 1. The quantitative estimate of drug-likeness (QED) is 0.608. The third kappa shape index (κ3) is 2.16. The summed E-state index contributed by atoms with van der Waals surface area (Å²) >= 11 is 0. The van der Waals surface area contributed by atoms with E-state index in [9.17, 15) is 19.2 Å². The van der Waals surface area contributed by atoms with Gasteiger partial charge in [-0.1, -0.05) is 0 Å². The number of nitrogens with zero attached hydrogens (tertiary/aromatic N) is 1. The molecule has 0 unspecified atom stereocenters. The molecule has 8 nitrogen and oxygen atoms in total. The van der Waals surface area contributed by atoms with Crippen LogP contribution in [0.25, 0.3) is 5.69 Å². The molecule has 2 heterocycles. The number of hydrogen-bond donors (Lipinski definition) is 2. The van der Waals surface area contributed by atoms with Crippen molar-refractivity contribution in [2.75, 3.05) is 12.8 Å². The summed E-state index contributed by atoms with van der Waals surface area (Å²) in [6.45, 7) is 1.68. The number of anilines is 1. The molecular weight excluding hydrogens is 314 g/mol. The second kappa shape index (κ2) is 5.34. The zero-order chi connectivity index (χ0) is 17.6. The molecule has 122 valence electrons. The van der Waals surface area contributed by atoms with Gasteiger partial charge in [0.05, 0.1) is 29.5 Å². The predicted molar refractivity (Wildman–Crippen MR) is 84.3 cm³/mol. The fourth-order valence-corrected chi connectivity index (χ4v) is 2.67. The van der Waals surface area contributed by atoms with Gasteiger partial charge in [-0.15, -0.1) is 0 Å². The van der Waals surface area contributed by atoms with Crippen LogP contribution >= 0.6 is 0 Å². The first-order chi connectivity index (χ1) is 11.3. The van der Waals surface area contributed by atoms with Crippen LogP contribution in [0.5, 0.6) is 0 Å². The molecule has 0 spiro atoms. The summed E-state index contributed by atoms with van der Waals surface area (Å²) < 4.78 is 5.79. The Morgan fingerprint density at radius 1 is 1.17 bits per heavy atom. The van der Waals surface area contributed by atoms with E-state index in [1.165, 1.54) is 19.2 Å². The molecule has 1 aliphatic heterocycles. The minimum atomic E-state index is -0.650. The van der Waals surface area contributed by atoms with E-state index in [-0.39, 0.29) is 16.9 Å². The van der Waals surface area contributed by atoms with Crippen molar-refractivity contribution in [2.24, 2.45) is 0 Å². The molecule has 0 fully saturated rings. The van der Waals surface area contributed by atoms with E-state index < -0.39 is 23.3 Å². The number of nitrogens with two attached hydrogens (primary N) is 1. The van der Waals surface area contributed by atoms with Crippen molar-refractivity contribution in [3.8, 4) is 5.69 Å². The van der Waals surface area contributed by atoms with Gasteiger partial charge in [0.2, 0.25) is 0 Å². The number of hydrogen-bond acceptors (Lipinski definition) is 6. The standard InChI is InChI=1S/C16H13N3O5/c1-7-5-8(3-4-9(7)16(23)24-2)19-11(20)6-10-12(13(19)17)15(22)18-14(10)21/h3-6H,17H2,1-2H3,(H,18,21,22). The van der Waals surface area contributed by atoms with Gasteiger partial charge < -0.3 is 10.5 Å². The topological polar surface area (TPSA) is 120 Å². The maximum absolute atomic E-state index is 12.3. The summed E-state index contributed by atoms with van der Waals surface area (Å²) in [6, 6.07) is 5.65. The molecule has 0 aliphatic carbocycles. The Labute approximate surface area is 135 Å². The second-order valence-corrected chi connectivity index (χ2v) is 5.27. The summed E-state index contributed by atoms with van der Waals surface area (Å²) in [5, 5.41) is 2.10. The maximum atomic E-state index is 12.3. The van der Waals surface area contributed by atoms with Crippen molar-refractivity contribution in [1.82, 2.24) is 9.88 Å². The molecule has 0 saturated carbocycles. The Kier molecular flexibility index (Phi) is 3.44. The van der Waals surface area contributed by atoms with Gasteiger partial charge in [0.1, 0.15) is 5.82 Å². The highest BCUT2D eigenvalue weighted by molar-refractivity contribution is 6.23. The number of fused-ring (bicyclic) bond motifs is 1.